The van der Waals surface area contributed by atoms with Crippen LogP contribution in [0.2, 0.25) is 0 Å². The zero-order chi connectivity index (χ0) is 10.4. The summed E-state index contributed by atoms with van der Waals surface area (Å²) in [5.74, 6) is 2.27. The van der Waals surface area contributed by atoms with E-state index in [1.54, 1.807) is 0 Å². The molecule has 0 aliphatic carbocycles. The fourth-order valence-corrected chi connectivity index (χ4v) is 1.49. The molecular weight excluding hydrogens is 180 g/mol. The van der Waals surface area contributed by atoms with Crippen molar-refractivity contribution in [1.82, 2.24) is 5.32 Å². The van der Waals surface area contributed by atoms with E-state index in [4.69, 9.17) is 16.9 Å². The predicted molar refractivity (Wildman–Crippen MR) is 53.4 cm³/mol. The van der Waals surface area contributed by atoms with Crippen LogP contribution in [0.5, 0.6) is 0 Å². The molecule has 0 saturated carbocycles. The molecule has 1 rings (SSSR count). The zero-order valence-electron chi connectivity index (χ0n) is 8.21. The Bertz CT molecular complexity index is 239. The average molecular weight is 196 g/mol. The normalized spacial score (nSPS) is 19.7. The second-order valence-corrected chi connectivity index (χ2v) is 3.63. The van der Waals surface area contributed by atoms with Gasteiger partial charge < -0.3 is 15.8 Å². The lowest BCUT2D eigenvalue weighted by Gasteiger charge is -2.32. The number of rotatable bonds is 3. The van der Waals surface area contributed by atoms with Gasteiger partial charge in [0.1, 0.15) is 0 Å². The topological polar surface area (TPSA) is 64.4 Å². The maximum absolute atomic E-state index is 11.3. The van der Waals surface area contributed by atoms with Gasteiger partial charge in [-0.25, -0.2) is 0 Å². The van der Waals surface area contributed by atoms with Crippen LogP contribution in [0.25, 0.3) is 0 Å². The first-order valence-corrected chi connectivity index (χ1v) is 4.73. The highest BCUT2D eigenvalue weighted by Crippen LogP contribution is 2.20. The Balaban J connectivity index is 2.34. The van der Waals surface area contributed by atoms with Crippen LogP contribution < -0.4 is 11.1 Å². The zero-order valence-corrected chi connectivity index (χ0v) is 8.21. The molecule has 0 aromatic rings. The van der Waals surface area contributed by atoms with E-state index in [-0.39, 0.29) is 12.5 Å². The highest BCUT2D eigenvalue weighted by atomic mass is 16.5. The highest BCUT2D eigenvalue weighted by molar-refractivity contribution is 5.77. The minimum Gasteiger partial charge on any atom is -0.381 e. The van der Waals surface area contributed by atoms with Crippen LogP contribution in [0.1, 0.15) is 19.3 Å². The van der Waals surface area contributed by atoms with E-state index in [9.17, 15) is 4.79 Å². The summed E-state index contributed by atoms with van der Waals surface area (Å²) in [6.07, 6.45) is 6.82. The van der Waals surface area contributed by atoms with Gasteiger partial charge in [-0.1, -0.05) is 5.92 Å². The SMILES string of the molecule is C#CCNC(=O)CC1(N)CCOCC1. The largest absolute Gasteiger partial charge is 0.381 e. The van der Waals surface area contributed by atoms with E-state index in [1.165, 1.54) is 0 Å². The second kappa shape index (κ2) is 4.99. The van der Waals surface area contributed by atoms with Crippen molar-refractivity contribution in [3.05, 3.63) is 0 Å². The van der Waals surface area contributed by atoms with Gasteiger partial charge in [-0.15, -0.1) is 6.42 Å². The highest BCUT2D eigenvalue weighted by Gasteiger charge is 2.30. The van der Waals surface area contributed by atoms with Crippen LogP contribution in [0.3, 0.4) is 0 Å². The molecule has 0 aromatic carbocycles. The minimum absolute atomic E-state index is 0.0765. The van der Waals surface area contributed by atoms with E-state index < -0.39 is 5.54 Å². The molecule has 3 N–H and O–H groups in total. The van der Waals surface area contributed by atoms with Gasteiger partial charge in [-0.05, 0) is 12.8 Å². The van der Waals surface area contributed by atoms with Gasteiger partial charge in [-0.2, -0.15) is 0 Å². The maximum Gasteiger partial charge on any atom is 0.222 e. The van der Waals surface area contributed by atoms with Crippen LogP contribution >= 0.6 is 0 Å². The van der Waals surface area contributed by atoms with Crippen LogP contribution in [-0.4, -0.2) is 31.2 Å². The minimum atomic E-state index is -0.406. The molecule has 0 spiro atoms. The second-order valence-electron chi connectivity index (χ2n) is 3.63. The first kappa shape index (κ1) is 11.0. The maximum atomic E-state index is 11.3. The fourth-order valence-electron chi connectivity index (χ4n) is 1.49. The number of carbonyl (C=O) groups is 1. The monoisotopic (exact) mass is 196 g/mol. The number of ether oxygens (including phenoxy) is 1. The quantitative estimate of drug-likeness (QED) is 0.605. The molecule has 1 amide bonds. The van der Waals surface area contributed by atoms with Gasteiger partial charge >= 0.3 is 0 Å². The van der Waals surface area contributed by atoms with Crippen LogP contribution in [0, 0.1) is 12.3 Å². The van der Waals surface area contributed by atoms with Crippen molar-refractivity contribution >= 4 is 5.91 Å². The number of terminal acetylenes is 1. The van der Waals surface area contributed by atoms with Crippen LogP contribution in [0.4, 0.5) is 0 Å². The van der Waals surface area contributed by atoms with Crippen molar-refractivity contribution in [2.24, 2.45) is 5.73 Å². The first-order valence-electron chi connectivity index (χ1n) is 4.73. The number of carbonyl (C=O) groups excluding carboxylic acids is 1. The summed E-state index contributed by atoms with van der Waals surface area (Å²) in [5, 5.41) is 2.61. The Hall–Kier alpha value is -1.05. The molecule has 0 radical (unpaired) electrons. The summed E-state index contributed by atoms with van der Waals surface area (Å²) in [6.45, 7) is 1.54. The van der Waals surface area contributed by atoms with Gasteiger partial charge in [-0.3, -0.25) is 4.79 Å². The Morgan fingerprint density at radius 2 is 2.21 bits per heavy atom. The lowest BCUT2D eigenvalue weighted by molar-refractivity contribution is -0.122. The standard InChI is InChI=1S/C10H16N2O2/c1-2-5-12-9(13)8-10(11)3-6-14-7-4-10/h1H,3-8,11H2,(H,12,13). The molecule has 1 aliphatic heterocycles. The fraction of sp³-hybridized carbons (Fsp3) is 0.700. The number of hydrogen-bond donors (Lipinski definition) is 2. The third-order valence-electron chi connectivity index (χ3n) is 2.39. The van der Waals surface area contributed by atoms with E-state index in [2.05, 4.69) is 11.2 Å². The van der Waals surface area contributed by atoms with Gasteiger partial charge in [0.2, 0.25) is 5.91 Å². The molecule has 1 heterocycles. The summed E-state index contributed by atoms with van der Waals surface area (Å²) < 4.78 is 5.18. The molecule has 1 aliphatic rings. The van der Waals surface area contributed by atoms with Gasteiger partial charge in [0.05, 0.1) is 6.54 Å². The van der Waals surface area contributed by atoms with Crippen molar-refractivity contribution in [1.29, 1.82) is 0 Å². The Morgan fingerprint density at radius 3 is 2.79 bits per heavy atom. The molecule has 0 bridgehead atoms. The van der Waals surface area contributed by atoms with E-state index >= 15 is 0 Å². The summed E-state index contributed by atoms with van der Waals surface area (Å²) in [6, 6.07) is 0. The molecule has 78 valence electrons. The van der Waals surface area contributed by atoms with Crippen molar-refractivity contribution in [2.45, 2.75) is 24.8 Å². The average Bonchev–Trinajstić information content (AvgIpc) is 2.15. The number of nitrogens with one attached hydrogen (secondary N) is 1. The predicted octanol–water partition coefficient (Wildman–Crippen LogP) is -0.366. The number of amides is 1. The van der Waals surface area contributed by atoms with Gasteiger partial charge in [0.25, 0.3) is 0 Å². The van der Waals surface area contributed by atoms with Crippen LogP contribution in [-0.2, 0) is 9.53 Å². The third-order valence-corrected chi connectivity index (χ3v) is 2.39. The number of nitrogens with two attached hydrogens (primary N) is 1. The lowest BCUT2D eigenvalue weighted by Crippen LogP contribution is -2.48. The Labute approximate surface area is 84.2 Å². The molecule has 14 heavy (non-hydrogen) atoms. The molecule has 4 heteroatoms. The molecule has 1 fully saturated rings. The summed E-state index contributed by atoms with van der Waals surface area (Å²) in [7, 11) is 0. The van der Waals surface area contributed by atoms with Gasteiger partial charge in [0, 0.05) is 25.2 Å². The first-order chi connectivity index (χ1) is 6.66. The van der Waals surface area contributed by atoms with Gasteiger partial charge in [0.15, 0.2) is 0 Å². The molecule has 0 atom stereocenters. The van der Waals surface area contributed by atoms with Crippen molar-refractivity contribution < 1.29 is 9.53 Å². The molecular formula is C10H16N2O2. The van der Waals surface area contributed by atoms with E-state index in [0.717, 1.165) is 12.8 Å². The van der Waals surface area contributed by atoms with E-state index in [1.807, 2.05) is 0 Å². The van der Waals surface area contributed by atoms with E-state index in [0.29, 0.717) is 19.6 Å². The molecule has 0 aromatic heterocycles. The third kappa shape index (κ3) is 3.36. The summed E-state index contributed by atoms with van der Waals surface area (Å²) in [5.41, 5.74) is 5.63. The smallest absolute Gasteiger partial charge is 0.222 e. The Kier molecular flexibility index (Phi) is 3.93. The molecule has 4 nitrogen and oxygen atoms in total. The van der Waals surface area contributed by atoms with Crippen molar-refractivity contribution in [2.75, 3.05) is 19.8 Å². The number of hydrogen-bond acceptors (Lipinski definition) is 3. The molecule has 0 unspecified atom stereocenters. The molecule has 1 saturated heterocycles. The lowest BCUT2D eigenvalue weighted by atomic mass is 9.87. The van der Waals surface area contributed by atoms with Crippen molar-refractivity contribution in [3.63, 3.8) is 0 Å². The van der Waals surface area contributed by atoms with Crippen molar-refractivity contribution in [3.8, 4) is 12.3 Å². The summed E-state index contributed by atoms with van der Waals surface area (Å²) in [4.78, 5) is 11.3. The Morgan fingerprint density at radius 1 is 1.57 bits per heavy atom. The summed E-state index contributed by atoms with van der Waals surface area (Å²) >= 11 is 0. The van der Waals surface area contributed by atoms with Crippen LogP contribution in [0.15, 0.2) is 0 Å².